The molecule has 1 unspecified atom stereocenters. The third kappa shape index (κ3) is 4.09. The standard InChI is InChI=1S/C22H27BrN2/c1-3-20-18(11-12-21-17(2)13-15-24-21)16-25(22(20)10-7-14-23)19-8-5-4-6-9-19/h3-6,8-9,11-12,18,24H,1,7,10,13-16H2,2H3/b12-11-. The van der Waals surface area contributed by atoms with Crippen molar-refractivity contribution in [2.24, 2.45) is 5.92 Å². The summed E-state index contributed by atoms with van der Waals surface area (Å²) in [7, 11) is 0. The molecule has 0 aromatic heterocycles. The van der Waals surface area contributed by atoms with E-state index in [1.54, 1.807) is 0 Å². The molecule has 3 rings (SSSR count). The number of anilines is 1. The quantitative estimate of drug-likeness (QED) is 0.604. The Morgan fingerprint density at radius 1 is 1.32 bits per heavy atom. The van der Waals surface area contributed by atoms with Crippen LogP contribution in [0.1, 0.15) is 26.2 Å². The van der Waals surface area contributed by atoms with Gasteiger partial charge in [0.1, 0.15) is 0 Å². The molecule has 0 spiro atoms. The van der Waals surface area contributed by atoms with E-state index in [-0.39, 0.29) is 0 Å². The Morgan fingerprint density at radius 2 is 2.12 bits per heavy atom. The lowest BCUT2D eigenvalue weighted by molar-refractivity contribution is 0.800. The summed E-state index contributed by atoms with van der Waals surface area (Å²) in [6.45, 7) is 8.39. The van der Waals surface area contributed by atoms with Gasteiger partial charge in [-0.15, -0.1) is 0 Å². The summed E-state index contributed by atoms with van der Waals surface area (Å²) >= 11 is 3.58. The summed E-state index contributed by atoms with van der Waals surface area (Å²) in [5, 5.41) is 4.51. The molecule has 0 saturated carbocycles. The molecule has 0 fully saturated rings. The number of allylic oxidation sites excluding steroid dienone is 3. The number of hydrogen-bond acceptors (Lipinski definition) is 2. The van der Waals surface area contributed by atoms with Crippen LogP contribution >= 0.6 is 15.9 Å². The molecule has 2 heterocycles. The van der Waals surface area contributed by atoms with E-state index in [0.29, 0.717) is 5.92 Å². The van der Waals surface area contributed by atoms with Gasteiger partial charge in [0.05, 0.1) is 0 Å². The smallest absolute Gasteiger partial charge is 0.0408 e. The lowest BCUT2D eigenvalue weighted by Crippen LogP contribution is -2.21. The highest BCUT2D eigenvalue weighted by molar-refractivity contribution is 9.09. The van der Waals surface area contributed by atoms with E-state index in [2.05, 4.69) is 88.2 Å². The summed E-state index contributed by atoms with van der Waals surface area (Å²) in [4.78, 5) is 2.47. The Balaban J connectivity index is 1.89. The Hall–Kier alpha value is -1.74. The first-order valence-electron chi connectivity index (χ1n) is 9.10. The maximum absolute atomic E-state index is 4.12. The van der Waals surface area contributed by atoms with Crippen molar-refractivity contribution in [2.75, 3.05) is 23.3 Å². The van der Waals surface area contributed by atoms with E-state index in [0.717, 1.165) is 37.7 Å². The number of rotatable bonds is 7. The van der Waals surface area contributed by atoms with Crippen LogP contribution in [0.15, 0.2) is 77.7 Å². The molecule has 3 heteroatoms. The molecule has 0 aliphatic carbocycles. The van der Waals surface area contributed by atoms with Gasteiger partial charge in [0.25, 0.3) is 0 Å². The highest BCUT2D eigenvalue weighted by Crippen LogP contribution is 2.36. The Kier molecular flexibility index (Phi) is 6.19. The van der Waals surface area contributed by atoms with E-state index >= 15 is 0 Å². The van der Waals surface area contributed by atoms with Crippen molar-refractivity contribution in [3.8, 4) is 0 Å². The number of para-hydroxylation sites is 1. The molecule has 0 bridgehead atoms. The van der Waals surface area contributed by atoms with Crippen LogP contribution in [0.25, 0.3) is 0 Å². The number of nitrogens with one attached hydrogen (secondary N) is 1. The van der Waals surface area contributed by atoms with Gasteiger partial charge in [0.2, 0.25) is 0 Å². The second-order valence-corrected chi connectivity index (χ2v) is 7.47. The van der Waals surface area contributed by atoms with E-state index < -0.39 is 0 Å². The van der Waals surface area contributed by atoms with Crippen molar-refractivity contribution in [1.29, 1.82) is 0 Å². The Morgan fingerprint density at radius 3 is 2.76 bits per heavy atom. The highest BCUT2D eigenvalue weighted by Gasteiger charge is 2.28. The third-order valence-corrected chi connectivity index (χ3v) is 5.60. The fourth-order valence-electron chi connectivity index (χ4n) is 3.68. The molecule has 1 aromatic carbocycles. The van der Waals surface area contributed by atoms with Crippen LogP contribution in [0.5, 0.6) is 0 Å². The molecule has 132 valence electrons. The van der Waals surface area contributed by atoms with Crippen LogP contribution in [-0.4, -0.2) is 18.4 Å². The predicted molar refractivity (Wildman–Crippen MR) is 112 cm³/mol. The van der Waals surface area contributed by atoms with Crippen molar-refractivity contribution >= 4 is 21.6 Å². The molecule has 1 aromatic rings. The van der Waals surface area contributed by atoms with Gasteiger partial charge in [-0.25, -0.2) is 0 Å². The Labute approximate surface area is 160 Å². The van der Waals surface area contributed by atoms with Crippen molar-refractivity contribution < 1.29 is 0 Å². The van der Waals surface area contributed by atoms with Gasteiger partial charge in [-0.2, -0.15) is 0 Å². The maximum atomic E-state index is 4.12. The van der Waals surface area contributed by atoms with Gasteiger partial charge in [0, 0.05) is 41.4 Å². The van der Waals surface area contributed by atoms with Gasteiger partial charge in [0.15, 0.2) is 0 Å². The largest absolute Gasteiger partial charge is 0.385 e. The zero-order valence-electron chi connectivity index (χ0n) is 15.0. The minimum absolute atomic E-state index is 0.394. The van der Waals surface area contributed by atoms with Crippen LogP contribution in [0.3, 0.4) is 0 Å². The molecule has 0 radical (unpaired) electrons. The number of halogens is 1. The molecule has 2 aliphatic heterocycles. The molecule has 25 heavy (non-hydrogen) atoms. The lowest BCUT2D eigenvalue weighted by Gasteiger charge is -2.23. The minimum atomic E-state index is 0.394. The third-order valence-electron chi connectivity index (χ3n) is 5.04. The fraction of sp³-hybridized carbons (Fsp3) is 0.364. The summed E-state index contributed by atoms with van der Waals surface area (Å²) in [5.41, 5.74) is 6.82. The SMILES string of the molecule is C=CC1=C(CCCBr)N(c2ccccc2)CC1/C=C\C1=C(C)CCN1. The molecule has 0 amide bonds. The molecular formula is C22H27BrN2. The monoisotopic (exact) mass is 398 g/mol. The normalized spacial score (nSPS) is 20.7. The molecule has 0 saturated heterocycles. The maximum Gasteiger partial charge on any atom is 0.0408 e. The second kappa shape index (κ2) is 8.57. The summed E-state index contributed by atoms with van der Waals surface area (Å²) in [6.07, 6.45) is 10.0. The van der Waals surface area contributed by atoms with Crippen molar-refractivity contribution in [1.82, 2.24) is 5.32 Å². The van der Waals surface area contributed by atoms with E-state index in [9.17, 15) is 0 Å². The first-order valence-corrected chi connectivity index (χ1v) is 10.2. The topological polar surface area (TPSA) is 15.3 Å². The summed E-state index contributed by atoms with van der Waals surface area (Å²) in [6, 6.07) is 10.7. The second-order valence-electron chi connectivity index (χ2n) is 6.68. The average Bonchev–Trinajstić information content (AvgIpc) is 3.21. The zero-order chi connectivity index (χ0) is 17.6. The number of hydrogen-bond donors (Lipinski definition) is 1. The van der Waals surface area contributed by atoms with E-state index in [1.807, 2.05) is 0 Å². The zero-order valence-corrected chi connectivity index (χ0v) is 16.6. The lowest BCUT2D eigenvalue weighted by atomic mass is 9.98. The summed E-state index contributed by atoms with van der Waals surface area (Å²) in [5.74, 6) is 0.394. The van der Waals surface area contributed by atoms with Gasteiger partial charge in [-0.05, 0) is 55.5 Å². The number of nitrogens with zero attached hydrogens (tertiary/aromatic N) is 1. The van der Waals surface area contributed by atoms with Crippen molar-refractivity contribution in [3.63, 3.8) is 0 Å². The van der Waals surface area contributed by atoms with E-state index in [1.165, 1.54) is 28.2 Å². The molecule has 1 atom stereocenters. The van der Waals surface area contributed by atoms with Gasteiger partial charge < -0.3 is 10.2 Å². The highest BCUT2D eigenvalue weighted by atomic mass is 79.9. The van der Waals surface area contributed by atoms with E-state index in [4.69, 9.17) is 0 Å². The van der Waals surface area contributed by atoms with Crippen LogP contribution < -0.4 is 10.2 Å². The van der Waals surface area contributed by atoms with Crippen LogP contribution in [0.2, 0.25) is 0 Å². The van der Waals surface area contributed by atoms with Crippen LogP contribution in [0.4, 0.5) is 5.69 Å². The fourth-order valence-corrected chi connectivity index (χ4v) is 3.96. The Bertz CT molecular complexity index is 700. The first-order chi connectivity index (χ1) is 12.2. The van der Waals surface area contributed by atoms with Gasteiger partial charge in [-0.1, -0.05) is 52.9 Å². The minimum Gasteiger partial charge on any atom is -0.385 e. The molecular weight excluding hydrogens is 372 g/mol. The molecule has 2 aliphatic rings. The molecule has 2 nitrogen and oxygen atoms in total. The van der Waals surface area contributed by atoms with Crippen LogP contribution in [0, 0.1) is 5.92 Å². The van der Waals surface area contributed by atoms with Crippen molar-refractivity contribution in [2.45, 2.75) is 26.2 Å². The van der Waals surface area contributed by atoms with Gasteiger partial charge >= 0.3 is 0 Å². The first kappa shape index (κ1) is 18.1. The van der Waals surface area contributed by atoms with Crippen LogP contribution in [-0.2, 0) is 0 Å². The number of benzene rings is 1. The average molecular weight is 399 g/mol. The summed E-state index contributed by atoms with van der Waals surface area (Å²) < 4.78 is 0. The van der Waals surface area contributed by atoms with Gasteiger partial charge in [-0.3, -0.25) is 0 Å². The van der Waals surface area contributed by atoms with Crippen molar-refractivity contribution in [3.05, 3.63) is 77.7 Å². The predicted octanol–water partition coefficient (Wildman–Crippen LogP) is 5.56. The number of alkyl halides is 1. The molecule has 1 N–H and O–H groups in total.